The lowest BCUT2D eigenvalue weighted by molar-refractivity contribution is -0.132. The SMILES string of the molecule is CCCCOCCOc1ccc(-c2ccc(N3CCCC3)c(C=C(CC)C(=O)O)c2)cc1. The van der Waals surface area contributed by atoms with Crippen LogP contribution in [-0.2, 0) is 9.53 Å². The van der Waals surface area contributed by atoms with E-state index in [1.165, 1.54) is 12.8 Å². The number of carboxylic acid groups (broad SMARTS) is 1. The van der Waals surface area contributed by atoms with Crippen LogP contribution in [-0.4, -0.2) is 44.0 Å². The largest absolute Gasteiger partial charge is 0.491 e. The summed E-state index contributed by atoms with van der Waals surface area (Å²) in [5.41, 5.74) is 4.64. The Bertz CT molecular complexity index is 898. The van der Waals surface area contributed by atoms with Crippen LogP contribution in [0.25, 0.3) is 17.2 Å². The molecule has 5 heteroatoms. The molecular formula is C27H35NO4. The van der Waals surface area contributed by atoms with Gasteiger partial charge in [0.05, 0.1) is 6.61 Å². The summed E-state index contributed by atoms with van der Waals surface area (Å²) in [6, 6.07) is 14.4. The summed E-state index contributed by atoms with van der Waals surface area (Å²) in [6.07, 6.45) is 6.89. The lowest BCUT2D eigenvalue weighted by atomic mass is 9.99. The highest BCUT2D eigenvalue weighted by atomic mass is 16.5. The van der Waals surface area contributed by atoms with Crippen LogP contribution < -0.4 is 9.64 Å². The Morgan fingerprint density at radius 1 is 1.00 bits per heavy atom. The molecular weight excluding hydrogens is 402 g/mol. The fourth-order valence-corrected chi connectivity index (χ4v) is 3.91. The first-order valence-corrected chi connectivity index (χ1v) is 11.8. The molecule has 1 fully saturated rings. The molecule has 0 amide bonds. The zero-order chi connectivity index (χ0) is 22.8. The van der Waals surface area contributed by atoms with Crippen LogP contribution in [0, 0.1) is 0 Å². The van der Waals surface area contributed by atoms with Gasteiger partial charge in [-0.25, -0.2) is 4.79 Å². The molecule has 32 heavy (non-hydrogen) atoms. The van der Waals surface area contributed by atoms with Crippen LogP contribution in [0.4, 0.5) is 5.69 Å². The molecule has 172 valence electrons. The lowest BCUT2D eigenvalue weighted by Gasteiger charge is -2.21. The van der Waals surface area contributed by atoms with Crippen LogP contribution >= 0.6 is 0 Å². The third kappa shape index (κ3) is 6.60. The molecule has 2 aromatic carbocycles. The Morgan fingerprint density at radius 2 is 1.72 bits per heavy atom. The van der Waals surface area contributed by atoms with E-state index in [0.717, 1.165) is 60.7 Å². The van der Waals surface area contributed by atoms with Gasteiger partial charge >= 0.3 is 5.97 Å². The van der Waals surface area contributed by atoms with E-state index in [1.807, 2.05) is 37.3 Å². The average Bonchev–Trinajstić information content (AvgIpc) is 3.34. The molecule has 0 bridgehead atoms. The maximum absolute atomic E-state index is 11.6. The normalized spacial score (nSPS) is 14.1. The topological polar surface area (TPSA) is 59.0 Å². The van der Waals surface area contributed by atoms with E-state index in [1.54, 1.807) is 0 Å². The van der Waals surface area contributed by atoms with Gasteiger partial charge in [0.1, 0.15) is 12.4 Å². The number of carbonyl (C=O) groups is 1. The molecule has 1 N–H and O–H groups in total. The lowest BCUT2D eigenvalue weighted by Crippen LogP contribution is -2.18. The van der Waals surface area contributed by atoms with Gasteiger partial charge in [0, 0.05) is 31.0 Å². The third-order valence-corrected chi connectivity index (χ3v) is 5.79. The van der Waals surface area contributed by atoms with Crippen molar-refractivity contribution in [3.05, 3.63) is 53.6 Å². The van der Waals surface area contributed by atoms with Gasteiger partial charge in [0.2, 0.25) is 0 Å². The molecule has 1 aliphatic heterocycles. The second-order valence-electron chi connectivity index (χ2n) is 8.13. The zero-order valence-corrected chi connectivity index (χ0v) is 19.3. The molecule has 3 rings (SSSR count). The highest BCUT2D eigenvalue weighted by molar-refractivity contribution is 5.93. The van der Waals surface area contributed by atoms with Crippen molar-refractivity contribution < 1.29 is 19.4 Å². The minimum Gasteiger partial charge on any atom is -0.491 e. The monoisotopic (exact) mass is 437 g/mol. The van der Waals surface area contributed by atoms with Crippen LogP contribution in [0.1, 0.15) is 51.5 Å². The van der Waals surface area contributed by atoms with Crippen molar-refractivity contribution in [1.29, 1.82) is 0 Å². The van der Waals surface area contributed by atoms with Gasteiger partial charge in [-0.05, 0) is 72.7 Å². The summed E-state index contributed by atoms with van der Waals surface area (Å²) < 4.78 is 11.3. The molecule has 0 saturated carbocycles. The fourth-order valence-electron chi connectivity index (χ4n) is 3.91. The summed E-state index contributed by atoms with van der Waals surface area (Å²) in [5, 5.41) is 9.53. The molecule has 0 aromatic heterocycles. The van der Waals surface area contributed by atoms with Crippen molar-refractivity contribution in [1.82, 2.24) is 0 Å². The quantitative estimate of drug-likeness (QED) is 0.325. The van der Waals surface area contributed by atoms with Gasteiger partial charge < -0.3 is 19.5 Å². The third-order valence-electron chi connectivity index (χ3n) is 5.79. The number of nitrogens with zero attached hydrogens (tertiary/aromatic N) is 1. The summed E-state index contributed by atoms with van der Waals surface area (Å²) in [7, 11) is 0. The van der Waals surface area contributed by atoms with E-state index in [4.69, 9.17) is 9.47 Å². The molecule has 5 nitrogen and oxygen atoms in total. The van der Waals surface area contributed by atoms with E-state index in [-0.39, 0.29) is 0 Å². The van der Waals surface area contributed by atoms with E-state index in [2.05, 4.69) is 30.0 Å². The van der Waals surface area contributed by atoms with Crippen molar-refractivity contribution in [3.63, 3.8) is 0 Å². The first-order valence-electron chi connectivity index (χ1n) is 11.8. The molecule has 0 aliphatic carbocycles. The van der Waals surface area contributed by atoms with Gasteiger partial charge in [-0.2, -0.15) is 0 Å². The first kappa shape index (κ1) is 23.9. The average molecular weight is 438 g/mol. The minimum atomic E-state index is -0.856. The number of hydrogen-bond donors (Lipinski definition) is 1. The standard InChI is InChI=1S/C27H35NO4/c1-3-5-16-31-17-18-32-25-11-8-22(9-12-25)23-10-13-26(28-14-6-7-15-28)24(20-23)19-21(4-2)27(29)30/h8-13,19-20H,3-7,14-18H2,1-2H3,(H,29,30). The predicted octanol–water partition coefficient (Wildman–Crippen LogP) is 6.03. The van der Waals surface area contributed by atoms with Crippen molar-refractivity contribution >= 4 is 17.7 Å². The number of unbranched alkanes of at least 4 members (excludes halogenated alkanes) is 1. The molecule has 0 unspecified atom stereocenters. The molecule has 0 radical (unpaired) electrons. The minimum absolute atomic E-state index is 0.424. The van der Waals surface area contributed by atoms with E-state index >= 15 is 0 Å². The van der Waals surface area contributed by atoms with Gasteiger partial charge in [0.25, 0.3) is 0 Å². The number of rotatable bonds is 12. The van der Waals surface area contributed by atoms with Crippen LogP contribution in [0.3, 0.4) is 0 Å². The number of hydrogen-bond acceptors (Lipinski definition) is 4. The zero-order valence-electron chi connectivity index (χ0n) is 19.3. The molecule has 2 aromatic rings. The van der Waals surface area contributed by atoms with Gasteiger partial charge in [0.15, 0.2) is 0 Å². The number of aliphatic carboxylic acids is 1. The van der Waals surface area contributed by atoms with Crippen molar-refractivity contribution in [3.8, 4) is 16.9 Å². The molecule has 1 aliphatic rings. The number of ether oxygens (including phenoxy) is 2. The summed E-state index contributed by atoms with van der Waals surface area (Å²) >= 11 is 0. The Hall–Kier alpha value is -2.79. The van der Waals surface area contributed by atoms with Crippen LogP contribution in [0.5, 0.6) is 5.75 Å². The van der Waals surface area contributed by atoms with Crippen molar-refractivity contribution in [2.45, 2.75) is 46.0 Å². The summed E-state index contributed by atoms with van der Waals surface area (Å²) in [4.78, 5) is 14.0. The molecule has 0 atom stereocenters. The fraction of sp³-hybridized carbons (Fsp3) is 0.444. The second kappa shape index (κ2) is 12.3. The first-order chi connectivity index (χ1) is 15.6. The Morgan fingerprint density at radius 3 is 2.38 bits per heavy atom. The van der Waals surface area contributed by atoms with Crippen molar-refractivity contribution in [2.75, 3.05) is 37.8 Å². The van der Waals surface area contributed by atoms with Crippen LogP contribution in [0.2, 0.25) is 0 Å². The molecule has 1 heterocycles. The second-order valence-corrected chi connectivity index (χ2v) is 8.13. The predicted molar refractivity (Wildman–Crippen MR) is 130 cm³/mol. The number of anilines is 1. The Balaban J connectivity index is 1.76. The number of carboxylic acids is 1. The van der Waals surface area contributed by atoms with E-state index in [9.17, 15) is 9.90 Å². The van der Waals surface area contributed by atoms with Gasteiger partial charge in [-0.3, -0.25) is 0 Å². The summed E-state index contributed by atoms with van der Waals surface area (Å²) in [6.45, 7) is 7.98. The molecule has 0 spiro atoms. The van der Waals surface area contributed by atoms with E-state index in [0.29, 0.717) is 25.2 Å². The smallest absolute Gasteiger partial charge is 0.331 e. The Kier molecular flexibility index (Phi) is 9.17. The summed E-state index contributed by atoms with van der Waals surface area (Å²) in [5.74, 6) is -0.0359. The van der Waals surface area contributed by atoms with Crippen molar-refractivity contribution in [2.24, 2.45) is 0 Å². The highest BCUT2D eigenvalue weighted by Gasteiger charge is 2.17. The Labute approximate surface area is 191 Å². The van der Waals surface area contributed by atoms with Crippen LogP contribution in [0.15, 0.2) is 48.0 Å². The van der Waals surface area contributed by atoms with E-state index < -0.39 is 5.97 Å². The maximum atomic E-state index is 11.6. The maximum Gasteiger partial charge on any atom is 0.331 e. The highest BCUT2D eigenvalue weighted by Crippen LogP contribution is 2.32. The number of benzene rings is 2. The van der Waals surface area contributed by atoms with Gasteiger partial charge in [-0.15, -0.1) is 0 Å². The molecule has 1 saturated heterocycles. The van der Waals surface area contributed by atoms with Gasteiger partial charge in [-0.1, -0.05) is 38.5 Å².